The van der Waals surface area contributed by atoms with Gasteiger partial charge in [-0.25, -0.2) is 0 Å². The van der Waals surface area contributed by atoms with Crippen molar-refractivity contribution in [2.24, 2.45) is 0 Å². The first-order valence-electron chi connectivity index (χ1n) is 8.80. The summed E-state index contributed by atoms with van der Waals surface area (Å²) in [7, 11) is 3.50. The molecule has 0 aromatic heterocycles. The molecule has 130 valence electrons. The van der Waals surface area contributed by atoms with Gasteiger partial charge in [0, 0.05) is 20.6 Å². The summed E-state index contributed by atoms with van der Waals surface area (Å²) in [4.78, 5) is 28.6. The number of rotatable bonds is 5. The van der Waals surface area contributed by atoms with E-state index in [1.54, 1.807) is 23.9 Å². The van der Waals surface area contributed by atoms with Gasteiger partial charge in [0.05, 0.1) is 6.10 Å². The van der Waals surface area contributed by atoms with E-state index in [0.717, 1.165) is 31.2 Å². The predicted octanol–water partition coefficient (Wildman–Crippen LogP) is 2.38. The summed E-state index contributed by atoms with van der Waals surface area (Å²) in [6.45, 7) is 0.695. The maximum atomic E-state index is 13.1. The van der Waals surface area contributed by atoms with Gasteiger partial charge in [-0.1, -0.05) is 43.2 Å². The topological polar surface area (TPSA) is 49.9 Å². The minimum absolute atomic E-state index is 0.0125. The van der Waals surface area contributed by atoms with Crippen LogP contribution in [0.25, 0.3) is 0 Å². The molecule has 0 unspecified atom stereocenters. The van der Waals surface area contributed by atoms with Crippen molar-refractivity contribution in [3.63, 3.8) is 0 Å². The van der Waals surface area contributed by atoms with E-state index in [4.69, 9.17) is 4.74 Å². The Morgan fingerprint density at radius 3 is 2.46 bits per heavy atom. The second-order valence-corrected chi connectivity index (χ2v) is 6.85. The largest absolute Gasteiger partial charge is 0.360 e. The fourth-order valence-electron chi connectivity index (χ4n) is 3.63. The molecular formula is C19H26N2O3. The number of benzene rings is 1. The number of amides is 2. The lowest BCUT2D eigenvalue weighted by Crippen LogP contribution is -2.45. The van der Waals surface area contributed by atoms with Crippen LogP contribution >= 0.6 is 0 Å². The highest BCUT2D eigenvalue weighted by Crippen LogP contribution is 2.30. The minimum atomic E-state index is -0.627. The van der Waals surface area contributed by atoms with Crippen LogP contribution in [0.3, 0.4) is 0 Å². The molecule has 0 N–H and O–H groups in total. The Kier molecular flexibility index (Phi) is 5.19. The quantitative estimate of drug-likeness (QED) is 0.833. The molecule has 1 aliphatic heterocycles. The number of carbonyl (C=O) groups excluding carboxylic acids is 2. The van der Waals surface area contributed by atoms with Crippen LogP contribution in [-0.2, 0) is 14.3 Å². The van der Waals surface area contributed by atoms with E-state index >= 15 is 0 Å². The summed E-state index contributed by atoms with van der Waals surface area (Å²) in [6.07, 6.45) is 4.51. The Balaban J connectivity index is 1.78. The van der Waals surface area contributed by atoms with Crippen LogP contribution in [0, 0.1) is 0 Å². The molecule has 1 saturated carbocycles. The molecule has 2 fully saturated rings. The van der Waals surface area contributed by atoms with Crippen molar-refractivity contribution in [2.45, 2.75) is 50.4 Å². The van der Waals surface area contributed by atoms with Crippen LogP contribution in [0.4, 0.5) is 0 Å². The van der Waals surface area contributed by atoms with Crippen LogP contribution in [-0.4, -0.2) is 54.4 Å². The fourth-order valence-corrected chi connectivity index (χ4v) is 3.63. The summed E-state index contributed by atoms with van der Waals surface area (Å²) >= 11 is 0. The molecule has 2 amide bonds. The monoisotopic (exact) mass is 330 g/mol. The Hall–Kier alpha value is -1.88. The van der Waals surface area contributed by atoms with Crippen molar-refractivity contribution in [2.75, 3.05) is 20.6 Å². The molecule has 5 nitrogen and oxygen atoms in total. The summed E-state index contributed by atoms with van der Waals surface area (Å²) in [5.74, 6) is -0.111. The van der Waals surface area contributed by atoms with Gasteiger partial charge >= 0.3 is 0 Å². The lowest BCUT2D eigenvalue weighted by Gasteiger charge is -2.29. The molecule has 0 bridgehead atoms. The molecule has 1 heterocycles. The number of likely N-dealkylation sites (tertiary alicyclic amines) is 1. The Morgan fingerprint density at radius 2 is 1.88 bits per heavy atom. The van der Waals surface area contributed by atoms with Gasteiger partial charge in [0.15, 0.2) is 6.10 Å². The number of hydrogen-bond donors (Lipinski definition) is 0. The van der Waals surface area contributed by atoms with Gasteiger partial charge in [-0.2, -0.15) is 0 Å². The van der Waals surface area contributed by atoms with Gasteiger partial charge in [0.2, 0.25) is 5.91 Å². The molecule has 1 saturated heterocycles. The van der Waals surface area contributed by atoms with E-state index in [9.17, 15) is 9.59 Å². The molecule has 2 aliphatic rings. The van der Waals surface area contributed by atoms with Crippen LogP contribution < -0.4 is 0 Å². The van der Waals surface area contributed by atoms with Crippen molar-refractivity contribution in [1.29, 1.82) is 0 Å². The second-order valence-electron chi connectivity index (χ2n) is 6.85. The van der Waals surface area contributed by atoms with Crippen molar-refractivity contribution >= 4 is 11.8 Å². The highest BCUT2D eigenvalue weighted by atomic mass is 16.5. The third kappa shape index (κ3) is 3.46. The van der Waals surface area contributed by atoms with Crippen LogP contribution in [0.1, 0.15) is 43.8 Å². The minimum Gasteiger partial charge on any atom is -0.360 e. The zero-order valence-electron chi connectivity index (χ0n) is 14.5. The van der Waals surface area contributed by atoms with Crippen LogP contribution in [0.5, 0.6) is 0 Å². The van der Waals surface area contributed by atoms with E-state index < -0.39 is 6.10 Å². The molecule has 5 heteroatoms. The Morgan fingerprint density at radius 1 is 1.21 bits per heavy atom. The number of hydrogen-bond acceptors (Lipinski definition) is 3. The van der Waals surface area contributed by atoms with E-state index in [1.807, 2.05) is 30.3 Å². The maximum Gasteiger partial charge on any atom is 0.256 e. The van der Waals surface area contributed by atoms with Gasteiger partial charge in [-0.05, 0) is 24.8 Å². The zero-order chi connectivity index (χ0) is 17.1. The normalized spacial score (nSPS) is 22.8. The molecule has 24 heavy (non-hydrogen) atoms. The van der Waals surface area contributed by atoms with E-state index in [1.165, 1.54) is 0 Å². The molecular weight excluding hydrogens is 304 g/mol. The average molecular weight is 330 g/mol. The van der Waals surface area contributed by atoms with Gasteiger partial charge in [0.1, 0.15) is 6.04 Å². The van der Waals surface area contributed by atoms with Crippen molar-refractivity contribution in [3.05, 3.63) is 35.9 Å². The highest BCUT2D eigenvalue weighted by molar-refractivity contribution is 5.90. The number of ether oxygens (including phenoxy) is 1. The maximum absolute atomic E-state index is 13.1. The SMILES string of the molecule is CN1CC[C@H](N(C)C(=O)[C@@H](OC2CCCC2)c2ccccc2)C1=O. The lowest BCUT2D eigenvalue weighted by atomic mass is 10.1. The summed E-state index contributed by atoms with van der Waals surface area (Å²) in [5, 5.41) is 0. The van der Waals surface area contributed by atoms with E-state index in [0.29, 0.717) is 13.0 Å². The number of nitrogens with zero attached hydrogens (tertiary/aromatic N) is 2. The van der Waals surface area contributed by atoms with Gasteiger partial charge in [0.25, 0.3) is 5.91 Å². The standard InChI is InChI=1S/C19H26N2O3/c1-20-13-12-16(18(20)22)21(2)19(23)17(14-8-4-3-5-9-14)24-15-10-6-7-11-15/h3-5,8-9,15-17H,6-7,10-13H2,1-2H3/t16-,17-/m0/s1. The molecule has 1 aromatic rings. The molecule has 1 aliphatic carbocycles. The third-order valence-corrected chi connectivity index (χ3v) is 5.17. The lowest BCUT2D eigenvalue weighted by molar-refractivity contribution is -0.152. The molecule has 3 rings (SSSR count). The first-order chi connectivity index (χ1) is 11.6. The van der Waals surface area contributed by atoms with Crippen molar-refractivity contribution in [1.82, 2.24) is 9.80 Å². The van der Waals surface area contributed by atoms with Crippen LogP contribution in [0.15, 0.2) is 30.3 Å². The third-order valence-electron chi connectivity index (χ3n) is 5.17. The van der Waals surface area contributed by atoms with Gasteiger partial charge in [-0.15, -0.1) is 0 Å². The second kappa shape index (κ2) is 7.34. The highest BCUT2D eigenvalue weighted by Gasteiger charge is 2.38. The molecule has 1 aromatic carbocycles. The molecule has 0 radical (unpaired) electrons. The van der Waals surface area contributed by atoms with Crippen molar-refractivity contribution < 1.29 is 14.3 Å². The summed E-state index contributed by atoms with van der Waals surface area (Å²) in [5.41, 5.74) is 0.861. The molecule has 2 atom stereocenters. The van der Waals surface area contributed by atoms with Crippen molar-refractivity contribution in [3.8, 4) is 0 Å². The number of carbonyl (C=O) groups is 2. The molecule has 0 spiro atoms. The smallest absolute Gasteiger partial charge is 0.256 e. The van der Waals surface area contributed by atoms with E-state index in [2.05, 4.69) is 0 Å². The zero-order valence-corrected chi connectivity index (χ0v) is 14.5. The number of likely N-dealkylation sites (N-methyl/N-ethyl adjacent to an activating group) is 2. The fraction of sp³-hybridized carbons (Fsp3) is 0.579. The van der Waals surface area contributed by atoms with Gasteiger partial charge < -0.3 is 14.5 Å². The van der Waals surface area contributed by atoms with Crippen LogP contribution in [0.2, 0.25) is 0 Å². The van der Waals surface area contributed by atoms with Gasteiger partial charge in [-0.3, -0.25) is 9.59 Å². The Bertz CT molecular complexity index is 584. The average Bonchev–Trinajstić information content (AvgIpc) is 3.23. The van der Waals surface area contributed by atoms with E-state index in [-0.39, 0.29) is 24.0 Å². The first-order valence-corrected chi connectivity index (χ1v) is 8.80. The predicted molar refractivity (Wildman–Crippen MR) is 91.3 cm³/mol. The Labute approximate surface area is 143 Å². The first kappa shape index (κ1) is 17.0. The summed E-state index contributed by atoms with van der Waals surface area (Å²) < 4.78 is 6.19. The summed E-state index contributed by atoms with van der Waals surface area (Å²) in [6, 6.07) is 9.24.